The number of carbonyl (C=O) groups is 1. The first-order valence-corrected chi connectivity index (χ1v) is 7.06. The zero-order chi connectivity index (χ0) is 15.0. The van der Waals surface area contributed by atoms with Gasteiger partial charge < -0.3 is 15.5 Å². The number of aromatic nitrogens is 2. The van der Waals surface area contributed by atoms with Crippen molar-refractivity contribution >= 4 is 28.3 Å². The van der Waals surface area contributed by atoms with E-state index >= 15 is 0 Å². The fraction of sp³-hybridized carbons (Fsp3) is 0.400. The van der Waals surface area contributed by atoms with Crippen molar-refractivity contribution in [1.29, 1.82) is 0 Å². The largest absolute Gasteiger partial charge is 0.399 e. The van der Waals surface area contributed by atoms with E-state index in [1.165, 1.54) is 0 Å². The maximum Gasteiger partial charge on any atom is 0.244 e. The SMILES string of the molecule is CN(C)C(=O)C1CCCN1c1ncnc2ccc(N)cc12. The molecule has 1 aliphatic heterocycles. The molecule has 1 fully saturated rings. The van der Waals surface area contributed by atoms with Crippen LogP contribution in [0.25, 0.3) is 10.9 Å². The molecule has 6 heteroatoms. The highest BCUT2D eigenvalue weighted by molar-refractivity contribution is 5.94. The van der Waals surface area contributed by atoms with Gasteiger partial charge in [-0.3, -0.25) is 4.79 Å². The van der Waals surface area contributed by atoms with Crippen LogP contribution in [0.2, 0.25) is 0 Å². The van der Waals surface area contributed by atoms with E-state index in [1.807, 2.05) is 18.2 Å². The van der Waals surface area contributed by atoms with E-state index in [2.05, 4.69) is 14.9 Å². The van der Waals surface area contributed by atoms with Gasteiger partial charge in [-0.15, -0.1) is 0 Å². The van der Waals surface area contributed by atoms with Crippen LogP contribution in [0.4, 0.5) is 11.5 Å². The second-order valence-corrected chi connectivity index (χ2v) is 5.56. The van der Waals surface area contributed by atoms with Crippen LogP contribution in [0.5, 0.6) is 0 Å². The highest BCUT2D eigenvalue weighted by Crippen LogP contribution is 2.31. The summed E-state index contributed by atoms with van der Waals surface area (Å²) < 4.78 is 0. The minimum absolute atomic E-state index is 0.114. The van der Waals surface area contributed by atoms with E-state index in [9.17, 15) is 4.79 Å². The van der Waals surface area contributed by atoms with Crippen molar-refractivity contribution in [2.45, 2.75) is 18.9 Å². The molecule has 21 heavy (non-hydrogen) atoms. The topological polar surface area (TPSA) is 75.4 Å². The first-order chi connectivity index (χ1) is 10.1. The highest BCUT2D eigenvalue weighted by Gasteiger charge is 2.33. The standard InChI is InChI=1S/C15H19N5O/c1-19(2)15(21)13-4-3-7-20(13)14-11-8-10(16)5-6-12(11)17-9-18-14/h5-6,8-9,13H,3-4,7,16H2,1-2H3. The molecule has 110 valence electrons. The molecule has 0 bridgehead atoms. The van der Waals surface area contributed by atoms with Crippen LogP contribution in [0.1, 0.15) is 12.8 Å². The smallest absolute Gasteiger partial charge is 0.244 e. The maximum atomic E-state index is 12.3. The van der Waals surface area contributed by atoms with Gasteiger partial charge in [0.1, 0.15) is 18.2 Å². The monoisotopic (exact) mass is 285 g/mol. The van der Waals surface area contributed by atoms with Crippen LogP contribution in [0.15, 0.2) is 24.5 Å². The summed E-state index contributed by atoms with van der Waals surface area (Å²) in [5.41, 5.74) is 7.40. The highest BCUT2D eigenvalue weighted by atomic mass is 16.2. The average Bonchev–Trinajstić information content (AvgIpc) is 2.94. The second kappa shape index (κ2) is 5.20. The number of hydrogen-bond donors (Lipinski definition) is 1. The van der Waals surface area contributed by atoms with E-state index in [-0.39, 0.29) is 11.9 Å². The Bertz CT molecular complexity index is 685. The van der Waals surface area contributed by atoms with Gasteiger partial charge in [-0.25, -0.2) is 9.97 Å². The minimum atomic E-state index is -0.153. The molecule has 2 aromatic rings. The third-order valence-electron chi connectivity index (χ3n) is 3.89. The Morgan fingerprint density at radius 2 is 2.19 bits per heavy atom. The summed E-state index contributed by atoms with van der Waals surface area (Å²) in [6.07, 6.45) is 3.38. The quantitative estimate of drug-likeness (QED) is 0.841. The van der Waals surface area contributed by atoms with E-state index in [0.29, 0.717) is 5.69 Å². The normalized spacial score (nSPS) is 18.2. The van der Waals surface area contributed by atoms with Crippen molar-refractivity contribution in [2.24, 2.45) is 0 Å². The number of fused-ring (bicyclic) bond motifs is 1. The Kier molecular flexibility index (Phi) is 3.37. The Labute approximate surface area is 123 Å². The van der Waals surface area contributed by atoms with Gasteiger partial charge in [-0.05, 0) is 31.0 Å². The zero-order valence-electron chi connectivity index (χ0n) is 12.3. The lowest BCUT2D eigenvalue weighted by atomic mass is 10.1. The number of carbonyl (C=O) groups excluding carboxylic acids is 1. The predicted octanol–water partition coefficient (Wildman–Crippen LogP) is 1.27. The number of anilines is 2. The first-order valence-electron chi connectivity index (χ1n) is 7.06. The molecule has 6 nitrogen and oxygen atoms in total. The fourth-order valence-electron chi connectivity index (χ4n) is 2.86. The first kappa shape index (κ1) is 13.6. The van der Waals surface area contributed by atoms with Crippen LogP contribution >= 0.6 is 0 Å². The summed E-state index contributed by atoms with van der Waals surface area (Å²) in [5.74, 6) is 0.910. The lowest BCUT2D eigenvalue weighted by Gasteiger charge is -2.27. The van der Waals surface area contributed by atoms with E-state index in [4.69, 9.17) is 5.73 Å². The molecular weight excluding hydrogens is 266 g/mol. The molecular formula is C15H19N5O. The lowest BCUT2D eigenvalue weighted by Crippen LogP contribution is -2.43. The third kappa shape index (κ3) is 2.37. The molecule has 1 aromatic heterocycles. The Balaban J connectivity index is 2.07. The summed E-state index contributed by atoms with van der Waals surface area (Å²) in [6, 6.07) is 5.43. The van der Waals surface area contributed by atoms with Crippen molar-refractivity contribution in [1.82, 2.24) is 14.9 Å². The van der Waals surface area contributed by atoms with E-state index in [0.717, 1.165) is 36.1 Å². The molecule has 1 aliphatic rings. The number of amides is 1. The lowest BCUT2D eigenvalue weighted by molar-refractivity contribution is -0.129. The van der Waals surface area contributed by atoms with Crippen molar-refractivity contribution in [3.05, 3.63) is 24.5 Å². The number of benzene rings is 1. The molecule has 0 saturated carbocycles. The molecule has 1 unspecified atom stereocenters. The van der Waals surface area contributed by atoms with Crippen LogP contribution in [-0.4, -0.2) is 47.5 Å². The van der Waals surface area contributed by atoms with Crippen LogP contribution in [-0.2, 0) is 4.79 Å². The number of likely N-dealkylation sites (N-methyl/N-ethyl adjacent to an activating group) is 1. The maximum absolute atomic E-state index is 12.3. The summed E-state index contributed by atoms with van der Waals surface area (Å²) in [7, 11) is 3.57. The van der Waals surface area contributed by atoms with Crippen LogP contribution in [0, 0.1) is 0 Å². The number of rotatable bonds is 2. The molecule has 1 saturated heterocycles. The van der Waals surface area contributed by atoms with Gasteiger partial charge in [-0.2, -0.15) is 0 Å². The Hall–Kier alpha value is -2.37. The molecule has 1 aromatic carbocycles. The van der Waals surface area contributed by atoms with Crippen molar-refractivity contribution in [3.63, 3.8) is 0 Å². The summed E-state index contributed by atoms with van der Waals surface area (Å²) in [6.45, 7) is 0.825. The van der Waals surface area contributed by atoms with Crippen molar-refractivity contribution in [3.8, 4) is 0 Å². The van der Waals surface area contributed by atoms with Gasteiger partial charge in [-0.1, -0.05) is 0 Å². The van der Waals surface area contributed by atoms with Crippen molar-refractivity contribution < 1.29 is 4.79 Å². The Morgan fingerprint density at radius 3 is 2.95 bits per heavy atom. The molecule has 2 heterocycles. The fourth-order valence-corrected chi connectivity index (χ4v) is 2.86. The summed E-state index contributed by atoms with van der Waals surface area (Å²) in [4.78, 5) is 24.7. The molecule has 0 spiro atoms. The average molecular weight is 285 g/mol. The molecule has 1 amide bonds. The van der Waals surface area contributed by atoms with Crippen molar-refractivity contribution in [2.75, 3.05) is 31.3 Å². The molecule has 2 N–H and O–H groups in total. The Morgan fingerprint density at radius 1 is 1.38 bits per heavy atom. The molecule has 0 aliphatic carbocycles. The predicted molar refractivity (Wildman–Crippen MR) is 83.0 cm³/mol. The van der Waals surface area contributed by atoms with Gasteiger partial charge in [0.2, 0.25) is 5.91 Å². The zero-order valence-corrected chi connectivity index (χ0v) is 12.3. The van der Waals surface area contributed by atoms with E-state index < -0.39 is 0 Å². The van der Waals surface area contributed by atoms with E-state index in [1.54, 1.807) is 25.3 Å². The molecule has 3 rings (SSSR count). The van der Waals surface area contributed by atoms with Crippen LogP contribution in [0.3, 0.4) is 0 Å². The second-order valence-electron chi connectivity index (χ2n) is 5.56. The third-order valence-corrected chi connectivity index (χ3v) is 3.89. The van der Waals surface area contributed by atoms with Gasteiger partial charge in [0, 0.05) is 31.7 Å². The van der Waals surface area contributed by atoms with Gasteiger partial charge >= 0.3 is 0 Å². The summed E-state index contributed by atoms with van der Waals surface area (Å²) in [5, 5.41) is 0.899. The minimum Gasteiger partial charge on any atom is -0.399 e. The molecule has 0 radical (unpaired) electrons. The number of nitrogen functional groups attached to an aromatic ring is 1. The van der Waals surface area contributed by atoms with Gasteiger partial charge in [0.05, 0.1) is 5.52 Å². The van der Waals surface area contributed by atoms with Gasteiger partial charge in [0.25, 0.3) is 0 Å². The molecule has 1 atom stereocenters. The number of hydrogen-bond acceptors (Lipinski definition) is 5. The summed E-state index contributed by atoms with van der Waals surface area (Å²) >= 11 is 0. The van der Waals surface area contributed by atoms with Gasteiger partial charge in [0.15, 0.2) is 0 Å². The number of nitrogens with zero attached hydrogens (tertiary/aromatic N) is 4. The van der Waals surface area contributed by atoms with Crippen LogP contribution < -0.4 is 10.6 Å². The number of nitrogens with two attached hydrogens (primary N) is 1.